The number of halogens is 1. The maximum Gasteiger partial charge on any atom is 0.225 e. The van der Waals surface area contributed by atoms with Crippen LogP contribution in [-0.4, -0.2) is 36.1 Å². The fourth-order valence-corrected chi connectivity index (χ4v) is 1.50. The predicted molar refractivity (Wildman–Crippen MR) is 53.5 cm³/mol. The minimum atomic E-state index is -1.33. The van der Waals surface area contributed by atoms with Crippen LogP contribution in [0.2, 0.25) is 0 Å². The van der Waals surface area contributed by atoms with Crippen LogP contribution in [0.3, 0.4) is 0 Å². The molecule has 0 aromatic rings. The third-order valence-electron chi connectivity index (χ3n) is 3.02. The molecule has 14 heavy (non-hydrogen) atoms. The van der Waals surface area contributed by atoms with Gasteiger partial charge in [0.05, 0.1) is 13.1 Å². The summed E-state index contributed by atoms with van der Waals surface area (Å²) in [5, 5.41) is 0. The molecule has 0 radical (unpaired) electrons. The fraction of sp³-hybridized carbons (Fsp3) is 0.900. The van der Waals surface area contributed by atoms with E-state index in [9.17, 15) is 9.18 Å². The molecule has 0 aliphatic carbocycles. The lowest BCUT2D eigenvalue weighted by atomic mass is 9.91. The van der Waals surface area contributed by atoms with Crippen molar-refractivity contribution in [2.45, 2.75) is 26.4 Å². The molecule has 1 heterocycles. The molecule has 1 amide bonds. The molecule has 0 aromatic carbocycles. The SMILES string of the molecule is CC(C)C(C)C(=O)N1CC(F)(CN)C1. The molecule has 1 fully saturated rings. The van der Waals surface area contributed by atoms with Gasteiger partial charge in [0.1, 0.15) is 0 Å². The van der Waals surface area contributed by atoms with Crippen molar-refractivity contribution in [2.75, 3.05) is 19.6 Å². The smallest absolute Gasteiger partial charge is 0.225 e. The summed E-state index contributed by atoms with van der Waals surface area (Å²) in [7, 11) is 0. The molecule has 1 unspecified atom stereocenters. The highest BCUT2D eigenvalue weighted by atomic mass is 19.1. The number of carbonyl (C=O) groups excluding carboxylic acids is 1. The van der Waals surface area contributed by atoms with E-state index in [-0.39, 0.29) is 31.5 Å². The van der Waals surface area contributed by atoms with Crippen LogP contribution in [-0.2, 0) is 4.79 Å². The van der Waals surface area contributed by atoms with Gasteiger partial charge in [-0.1, -0.05) is 20.8 Å². The second-order valence-corrected chi connectivity index (χ2v) is 4.58. The van der Waals surface area contributed by atoms with Gasteiger partial charge in [-0.3, -0.25) is 4.79 Å². The highest BCUT2D eigenvalue weighted by Crippen LogP contribution is 2.27. The minimum Gasteiger partial charge on any atom is -0.336 e. The third-order valence-corrected chi connectivity index (χ3v) is 3.02. The molecule has 82 valence electrons. The number of amides is 1. The van der Waals surface area contributed by atoms with Crippen LogP contribution in [0.1, 0.15) is 20.8 Å². The Morgan fingerprint density at radius 2 is 2.00 bits per heavy atom. The molecular weight excluding hydrogens is 183 g/mol. The van der Waals surface area contributed by atoms with E-state index in [4.69, 9.17) is 5.73 Å². The molecule has 3 nitrogen and oxygen atoms in total. The number of likely N-dealkylation sites (tertiary alicyclic amines) is 1. The molecule has 1 aliphatic heterocycles. The fourth-order valence-electron chi connectivity index (χ4n) is 1.50. The van der Waals surface area contributed by atoms with Gasteiger partial charge in [0.15, 0.2) is 5.67 Å². The Labute approximate surface area is 84.4 Å². The number of nitrogens with zero attached hydrogens (tertiary/aromatic N) is 1. The normalized spacial score (nSPS) is 22.0. The summed E-state index contributed by atoms with van der Waals surface area (Å²) >= 11 is 0. The van der Waals surface area contributed by atoms with E-state index in [0.717, 1.165) is 0 Å². The molecule has 1 rings (SSSR count). The van der Waals surface area contributed by atoms with Crippen LogP contribution in [0, 0.1) is 11.8 Å². The second-order valence-electron chi connectivity index (χ2n) is 4.58. The lowest BCUT2D eigenvalue weighted by molar-refractivity contribution is -0.149. The van der Waals surface area contributed by atoms with E-state index in [0.29, 0.717) is 5.92 Å². The summed E-state index contributed by atoms with van der Waals surface area (Å²) < 4.78 is 13.4. The van der Waals surface area contributed by atoms with Crippen LogP contribution in [0.5, 0.6) is 0 Å². The zero-order valence-corrected chi connectivity index (χ0v) is 9.09. The minimum absolute atomic E-state index is 0.00679. The number of hydrogen-bond donors (Lipinski definition) is 1. The molecular formula is C10H19FN2O. The average Bonchev–Trinajstić information content (AvgIpc) is 2.10. The summed E-state index contributed by atoms with van der Waals surface area (Å²) in [6.45, 7) is 6.21. The van der Waals surface area contributed by atoms with Crippen LogP contribution in [0.4, 0.5) is 4.39 Å². The molecule has 2 N–H and O–H groups in total. The molecule has 4 heteroatoms. The Balaban J connectivity index is 2.44. The summed E-state index contributed by atoms with van der Waals surface area (Å²) in [4.78, 5) is 13.2. The lowest BCUT2D eigenvalue weighted by Gasteiger charge is -2.45. The van der Waals surface area contributed by atoms with E-state index < -0.39 is 5.67 Å². The van der Waals surface area contributed by atoms with E-state index >= 15 is 0 Å². The maximum absolute atomic E-state index is 13.4. The van der Waals surface area contributed by atoms with E-state index in [1.165, 1.54) is 0 Å². The van der Waals surface area contributed by atoms with Gasteiger partial charge < -0.3 is 10.6 Å². The van der Waals surface area contributed by atoms with Gasteiger partial charge in [-0.15, -0.1) is 0 Å². The van der Waals surface area contributed by atoms with Gasteiger partial charge >= 0.3 is 0 Å². The van der Waals surface area contributed by atoms with Crippen LogP contribution >= 0.6 is 0 Å². The Bertz CT molecular complexity index is 224. The first-order valence-corrected chi connectivity index (χ1v) is 5.07. The first kappa shape index (κ1) is 11.4. The standard InChI is InChI=1S/C10H19FN2O/c1-7(2)8(3)9(14)13-5-10(11,4-12)6-13/h7-8H,4-6,12H2,1-3H3. The Morgan fingerprint density at radius 3 is 2.36 bits per heavy atom. The molecule has 0 aromatic heterocycles. The van der Waals surface area contributed by atoms with Crippen molar-refractivity contribution >= 4 is 5.91 Å². The number of hydrogen-bond acceptors (Lipinski definition) is 2. The van der Waals surface area contributed by atoms with Crippen molar-refractivity contribution < 1.29 is 9.18 Å². The number of carbonyl (C=O) groups is 1. The zero-order valence-electron chi connectivity index (χ0n) is 9.09. The van der Waals surface area contributed by atoms with Crippen molar-refractivity contribution in [1.82, 2.24) is 4.90 Å². The largest absolute Gasteiger partial charge is 0.336 e. The van der Waals surface area contributed by atoms with E-state index in [2.05, 4.69) is 0 Å². The number of nitrogens with two attached hydrogens (primary N) is 1. The van der Waals surface area contributed by atoms with E-state index in [1.807, 2.05) is 20.8 Å². The summed E-state index contributed by atoms with van der Waals surface area (Å²) in [6.07, 6.45) is 0. The third kappa shape index (κ3) is 2.05. The second kappa shape index (κ2) is 3.85. The quantitative estimate of drug-likeness (QED) is 0.735. The lowest BCUT2D eigenvalue weighted by Crippen LogP contribution is -2.65. The predicted octanol–water partition coefficient (Wildman–Crippen LogP) is 0.788. The highest BCUT2D eigenvalue weighted by Gasteiger charge is 2.45. The first-order chi connectivity index (χ1) is 6.39. The topological polar surface area (TPSA) is 46.3 Å². The Kier molecular flexibility index (Phi) is 3.14. The van der Waals surface area contributed by atoms with Crippen LogP contribution in [0.15, 0.2) is 0 Å². The average molecular weight is 202 g/mol. The Morgan fingerprint density at radius 1 is 1.50 bits per heavy atom. The first-order valence-electron chi connectivity index (χ1n) is 5.07. The van der Waals surface area contributed by atoms with Gasteiger partial charge in [-0.25, -0.2) is 4.39 Å². The van der Waals surface area contributed by atoms with Crippen molar-refractivity contribution in [3.05, 3.63) is 0 Å². The van der Waals surface area contributed by atoms with Crippen LogP contribution < -0.4 is 5.73 Å². The van der Waals surface area contributed by atoms with Gasteiger partial charge in [-0.05, 0) is 5.92 Å². The van der Waals surface area contributed by atoms with Gasteiger partial charge in [0.25, 0.3) is 0 Å². The maximum atomic E-state index is 13.4. The van der Waals surface area contributed by atoms with Crippen LogP contribution in [0.25, 0.3) is 0 Å². The zero-order chi connectivity index (χ0) is 10.9. The summed E-state index contributed by atoms with van der Waals surface area (Å²) in [5.74, 6) is 0.314. The highest BCUT2D eigenvalue weighted by molar-refractivity contribution is 5.79. The number of alkyl halides is 1. The van der Waals surface area contributed by atoms with Crippen molar-refractivity contribution in [1.29, 1.82) is 0 Å². The summed E-state index contributed by atoms with van der Waals surface area (Å²) in [6, 6.07) is 0. The Hall–Kier alpha value is -0.640. The molecule has 1 atom stereocenters. The molecule has 1 saturated heterocycles. The van der Waals surface area contributed by atoms with E-state index in [1.54, 1.807) is 4.90 Å². The number of rotatable bonds is 3. The molecule has 0 saturated carbocycles. The van der Waals surface area contributed by atoms with Crippen molar-refractivity contribution in [3.8, 4) is 0 Å². The molecule has 1 aliphatic rings. The monoisotopic (exact) mass is 202 g/mol. The van der Waals surface area contributed by atoms with Gasteiger partial charge in [0.2, 0.25) is 5.91 Å². The van der Waals surface area contributed by atoms with Crippen molar-refractivity contribution in [2.24, 2.45) is 17.6 Å². The van der Waals surface area contributed by atoms with Gasteiger partial charge in [-0.2, -0.15) is 0 Å². The molecule has 0 spiro atoms. The summed E-state index contributed by atoms with van der Waals surface area (Å²) in [5.41, 5.74) is 3.93. The van der Waals surface area contributed by atoms with Gasteiger partial charge in [0, 0.05) is 12.5 Å². The van der Waals surface area contributed by atoms with Crippen molar-refractivity contribution in [3.63, 3.8) is 0 Å². The molecule has 0 bridgehead atoms.